The minimum Gasteiger partial charge on any atom is -0.444 e. The van der Waals surface area contributed by atoms with Crippen LogP contribution < -0.4 is 10.3 Å². The highest BCUT2D eigenvalue weighted by Crippen LogP contribution is 2.28. The van der Waals surface area contributed by atoms with Gasteiger partial charge in [0.15, 0.2) is 0 Å². The number of oxazole rings is 1. The Kier molecular flexibility index (Phi) is 5.56. The molecule has 158 valence electrons. The van der Waals surface area contributed by atoms with Crippen molar-refractivity contribution in [1.29, 1.82) is 0 Å². The Balaban J connectivity index is 1.56. The van der Waals surface area contributed by atoms with Crippen LogP contribution in [0.25, 0.3) is 22.7 Å². The fraction of sp³-hybridized carbons (Fsp3) is 0.0909. The van der Waals surface area contributed by atoms with Gasteiger partial charge in [-0.25, -0.2) is 4.98 Å². The number of halogens is 4. The molecule has 2 heterocycles. The van der Waals surface area contributed by atoms with Crippen LogP contribution in [-0.4, -0.2) is 15.9 Å². The lowest BCUT2D eigenvalue weighted by Crippen LogP contribution is -2.19. The van der Waals surface area contributed by atoms with Gasteiger partial charge in [0.1, 0.15) is 17.7 Å². The Bertz CT molecular complexity index is 1250. The van der Waals surface area contributed by atoms with E-state index in [2.05, 4.69) is 9.72 Å². The van der Waals surface area contributed by atoms with Crippen LogP contribution in [0.1, 0.15) is 5.56 Å². The van der Waals surface area contributed by atoms with Gasteiger partial charge < -0.3 is 13.7 Å². The van der Waals surface area contributed by atoms with Crippen molar-refractivity contribution < 1.29 is 22.3 Å². The van der Waals surface area contributed by atoms with E-state index in [0.717, 1.165) is 5.56 Å². The van der Waals surface area contributed by atoms with Gasteiger partial charge in [-0.15, -0.1) is 13.2 Å². The van der Waals surface area contributed by atoms with Gasteiger partial charge in [0.2, 0.25) is 5.89 Å². The van der Waals surface area contributed by atoms with Crippen LogP contribution in [0.5, 0.6) is 5.75 Å². The Hall–Kier alpha value is -3.52. The van der Waals surface area contributed by atoms with Crippen LogP contribution in [0, 0.1) is 0 Å². The first kappa shape index (κ1) is 20.7. The number of nitrogens with zero attached hydrogens (tertiary/aromatic N) is 2. The standard InChI is InChI=1S/C22H14ClF3N2O3/c23-17-6-1-14(2-7-17)11-28-12-16(5-10-20(28)29)21-27-19(13-30-21)15-3-8-18(9-4-15)31-22(24,25)26/h1-10,12-13H,11H2. The number of alkyl halides is 3. The lowest BCUT2D eigenvalue weighted by molar-refractivity contribution is -0.274. The monoisotopic (exact) mass is 446 g/mol. The molecule has 0 fully saturated rings. The maximum atomic E-state index is 12.3. The number of rotatable bonds is 5. The third-order valence-corrected chi connectivity index (χ3v) is 4.64. The van der Waals surface area contributed by atoms with Gasteiger partial charge in [0.25, 0.3) is 5.56 Å². The molecule has 31 heavy (non-hydrogen) atoms. The Morgan fingerprint density at radius 1 is 0.968 bits per heavy atom. The zero-order valence-electron chi connectivity index (χ0n) is 15.8. The molecule has 0 unspecified atom stereocenters. The second-order valence-corrected chi connectivity index (χ2v) is 7.06. The van der Waals surface area contributed by atoms with Crippen molar-refractivity contribution in [2.75, 3.05) is 0 Å². The predicted molar refractivity (Wildman–Crippen MR) is 109 cm³/mol. The summed E-state index contributed by atoms with van der Waals surface area (Å²) in [6.45, 7) is 0.345. The molecule has 0 saturated carbocycles. The average molecular weight is 447 g/mol. The van der Waals surface area contributed by atoms with E-state index in [1.807, 2.05) is 12.1 Å². The maximum absolute atomic E-state index is 12.3. The van der Waals surface area contributed by atoms with Crippen LogP contribution in [0.4, 0.5) is 13.2 Å². The third-order valence-electron chi connectivity index (χ3n) is 4.38. The van der Waals surface area contributed by atoms with Crippen LogP contribution in [0.3, 0.4) is 0 Å². The first-order valence-corrected chi connectivity index (χ1v) is 9.42. The summed E-state index contributed by atoms with van der Waals surface area (Å²) in [6, 6.07) is 15.5. The summed E-state index contributed by atoms with van der Waals surface area (Å²) < 4.78 is 47.8. The molecule has 0 aliphatic rings. The van der Waals surface area contributed by atoms with E-state index in [9.17, 15) is 18.0 Å². The molecule has 0 aliphatic carbocycles. The number of hydrogen-bond donors (Lipinski definition) is 0. The van der Waals surface area contributed by atoms with E-state index < -0.39 is 6.36 Å². The number of benzene rings is 2. The van der Waals surface area contributed by atoms with Crippen molar-refractivity contribution in [2.45, 2.75) is 12.9 Å². The number of pyridine rings is 1. The van der Waals surface area contributed by atoms with Crippen LogP contribution >= 0.6 is 11.6 Å². The molecule has 4 rings (SSSR count). The molecule has 0 N–H and O–H groups in total. The molecule has 0 radical (unpaired) electrons. The number of hydrogen-bond acceptors (Lipinski definition) is 4. The quantitative estimate of drug-likeness (QED) is 0.390. The predicted octanol–water partition coefficient (Wildman–Crippen LogP) is 5.77. The lowest BCUT2D eigenvalue weighted by Gasteiger charge is -2.08. The zero-order valence-corrected chi connectivity index (χ0v) is 16.5. The molecule has 0 atom stereocenters. The third kappa shape index (κ3) is 5.16. The molecule has 2 aromatic heterocycles. The van der Waals surface area contributed by atoms with E-state index in [-0.39, 0.29) is 17.2 Å². The summed E-state index contributed by atoms with van der Waals surface area (Å²) in [5.74, 6) is -0.0512. The van der Waals surface area contributed by atoms with E-state index in [0.29, 0.717) is 28.4 Å². The topological polar surface area (TPSA) is 57.3 Å². The molecule has 0 saturated heterocycles. The molecule has 9 heteroatoms. The smallest absolute Gasteiger partial charge is 0.444 e. The first-order valence-electron chi connectivity index (χ1n) is 9.04. The van der Waals surface area contributed by atoms with Crippen LogP contribution in [-0.2, 0) is 6.54 Å². The van der Waals surface area contributed by atoms with Gasteiger partial charge in [-0.1, -0.05) is 23.7 Å². The molecule has 5 nitrogen and oxygen atoms in total. The van der Waals surface area contributed by atoms with Crippen molar-refractivity contribution in [1.82, 2.24) is 9.55 Å². The second-order valence-electron chi connectivity index (χ2n) is 6.62. The molecule has 0 spiro atoms. The Labute approximate surface area is 179 Å². The van der Waals surface area contributed by atoms with Crippen molar-refractivity contribution >= 4 is 11.6 Å². The van der Waals surface area contributed by atoms with Crippen molar-refractivity contribution in [3.8, 4) is 28.5 Å². The number of aromatic nitrogens is 2. The molecule has 0 amide bonds. The van der Waals surface area contributed by atoms with E-state index >= 15 is 0 Å². The Morgan fingerprint density at radius 3 is 2.32 bits per heavy atom. The minimum atomic E-state index is -4.75. The molecule has 0 aliphatic heterocycles. The fourth-order valence-electron chi connectivity index (χ4n) is 2.93. The molecule has 4 aromatic rings. The van der Waals surface area contributed by atoms with Gasteiger partial charge in [0.05, 0.1) is 12.1 Å². The Morgan fingerprint density at radius 2 is 1.65 bits per heavy atom. The fourth-order valence-corrected chi connectivity index (χ4v) is 3.06. The van der Waals surface area contributed by atoms with Crippen molar-refractivity contribution in [3.05, 3.63) is 94.1 Å². The summed E-state index contributed by atoms with van der Waals surface area (Å²) in [5, 5.41) is 0.607. The van der Waals surface area contributed by atoms with Gasteiger partial charge in [0, 0.05) is 22.8 Å². The molecule has 0 bridgehead atoms. The second kappa shape index (κ2) is 8.31. The molecular formula is C22H14ClF3N2O3. The van der Waals surface area contributed by atoms with Crippen molar-refractivity contribution in [3.63, 3.8) is 0 Å². The number of ether oxygens (including phenoxy) is 1. The van der Waals surface area contributed by atoms with Crippen LogP contribution in [0.15, 0.2) is 82.3 Å². The summed E-state index contributed by atoms with van der Waals surface area (Å²) in [5.41, 5.74) is 2.28. The highest BCUT2D eigenvalue weighted by atomic mass is 35.5. The summed E-state index contributed by atoms with van der Waals surface area (Å²) >= 11 is 5.89. The molecule has 2 aromatic carbocycles. The average Bonchev–Trinajstić information content (AvgIpc) is 3.21. The van der Waals surface area contributed by atoms with E-state index in [1.165, 1.54) is 41.2 Å². The zero-order chi connectivity index (χ0) is 22.0. The molecular weight excluding hydrogens is 433 g/mol. The minimum absolute atomic E-state index is 0.189. The summed E-state index contributed by atoms with van der Waals surface area (Å²) in [6.07, 6.45) is -1.73. The largest absolute Gasteiger partial charge is 0.573 e. The van der Waals surface area contributed by atoms with Crippen LogP contribution in [0.2, 0.25) is 5.02 Å². The highest BCUT2D eigenvalue weighted by molar-refractivity contribution is 6.30. The summed E-state index contributed by atoms with van der Waals surface area (Å²) in [4.78, 5) is 16.6. The van der Waals surface area contributed by atoms with E-state index in [1.54, 1.807) is 24.4 Å². The van der Waals surface area contributed by atoms with Gasteiger partial charge in [-0.3, -0.25) is 4.79 Å². The SMILES string of the molecule is O=c1ccc(-c2nc(-c3ccc(OC(F)(F)F)cc3)co2)cn1Cc1ccc(Cl)cc1. The van der Waals surface area contributed by atoms with Crippen molar-refractivity contribution in [2.24, 2.45) is 0 Å². The normalized spacial score (nSPS) is 11.5. The van der Waals surface area contributed by atoms with E-state index in [4.69, 9.17) is 16.0 Å². The van der Waals surface area contributed by atoms with Gasteiger partial charge in [-0.2, -0.15) is 0 Å². The highest BCUT2D eigenvalue weighted by Gasteiger charge is 2.31. The lowest BCUT2D eigenvalue weighted by atomic mass is 10.1. The summed E-state index contributed by atoms with van der Waals surface area (Å²) in [7, 11) is 0. The van der Waals surface area contributed by atoms with Gasteiger partial charge >= 0.3 is 6.36 Å². The maximum Gasteiger partial charge on any atom is 0.573 e. The van der Waals surface area contributed by atoms with Gasteiger partial charge in [-0.05, 0) is 48.0 Å². The first-order chi connectivity index (χ1) is 14.8.